The topological polar surface area (TPSA) is 41.9 Å². The third kappa shape index (κ3) is 4.26. The van der Waals surface area contributed by atoms with Gasteiger partial charge in [0.1, 0.15) is 5.82 Å². The van der Waals surface area contributed by atoms with Gasteiger partial charge in [-0.3, -0.25) is 4.68 Å². The summed E-state index contributed by atoms with van der Waals surface area (Å²) in [6, 6.07) is 14.7. The molecule has 0 saturated carbocycles. The minimum Gasteiger partial charge on any atom is -0.332 e. The van der Waals surface area contributed by atoms with Crippen molar-refractivity contribution in [3.8, 4) is 0 Å². The summed E-state index contributed by atoms with van der Waals surface area (Å²) in [6.45, 7) is 6.39. The smallest absolute Gasteiger partial charge is 0.176 e. The molecule has 6 heteroatoms. The van der Waals surface area contributed by atoms with Crippen molar-refractivity contribution in [1.82, 2.24) is 9.78 Å². The van der Waals surface area contributed by atoms with Crippen LogP contribution in [0.4, 0.5) is 15.9 Å². The lowest BCUT2D eigenvalue weighted by molar-refractivity contribution is 0.581. The summed E-state index contributed by atoms with van der Waals surface area (Å²) < 4.78 is 15.6. The van der Waals surface area contributed by atoms with Crippen molar-refractivity contribution in [3.05, 3.63) is 76.7 Å². The molecule has 3 rings (SSSR count). The number of anilines is 2. The van der Waals surface area contributed by atoms with E-state index in [0.717, 1.165) is 16.9 Å². The first kappa shape index (κ1) is 18.1. The van der Waals surface area contributed by atoms with E-state index in [1.165, 1.54) is 11.6 Å². The molecule has 0 saturated heterocycles. The number of nitrogens with one attached hydrogen (secondary N) is 2. The summed E-state index contributed by atoms with van der Waals surface area (Å²) in [6.07, 6.45) is 0. The molecule has 2 aromatic carbocycles. The molecule has 1 heterocycles. The average Bonchev–Trinajstić information content (AvgIpc) is 2.91. The molecular weight excluding hydrogens is 347 g/mol. The van der Waals surface area contributed by atoms with Crippen molar-refractivity contribution in [3.63, 3.8) is 0 Å². The zero-order valence-corrected chi connectivity index (χ0v) is 15.8. The molecule has 0 aliphatic heterocycles. The number of halogens is 1. The first-order valence-corrected chi connectivity index (χ1v) is 8.76. The second-order valence-electron chi connectivity index (χ2n) is 6.32. The van der Waals surface area contributed by atoms with Crippen LogP contribution in [0.2, 0.25) is 0 Å². The summed E-state index contributed by atoms with van der Waals surface area (Å²) >= 11 is 5.38. The third-order valence-electron chi connectivity index (χ3n) is 4.13. The van der Waals surface area contributed by atoms with Crippen molar-refractivity contribution in [2.75, 3.05) is 10.6 Å². The molecule has 0 radical (unpaired) electrons. The van der Waals surface area contributed by atoms with Crippen molar-refractivity contribution >= 4 is 28.8 Å². The molecule has 0 aliphatic carbocycles. The van der Waals surface area contributed by atoms with Crippen molar-refractivity contribution in [2.24, 2.45) is 0 Å². The SMILES string of the molecule is Cc1ccc(NC(=S)Nc2cc(C)n(Cc3ccccc3F)n2)c(C)c1. The van der Waals surface area contributed by atoms with E-state index in [-0.39, 0.29) is 5.82 Å². The summed E-state index contributed by atoms with van der Waals surface area (Å²) in [7, 11) is 0. The Kier molecular flexibility index (Phi) is 5.32. The minimum absolute atomic E-state index is 0.232. The Morgan fingerprint density at radius 1 is 1.08 bits per heavy atom. The molecule has 2 N–H and O–H groups in total. The van der Waals surface area contributed by atoms with Gasteiger partial charge in [-0.25, -0.2) is 4.39 Å². The molecular formula is C20H21FN4S. The highest BCUT2D eigenvalue weighted by Crippen LogP contribution is 2.17. The lowest BCUT2D eigenvalue weighted by atomic mass is 10.1. The summed E-state index contributed by atoms with van der Waals surface area (Å²) in [5.41, 5.74) is 4.80. The minimum atomic E-state index is -0.232. The molecule has 26 heavy (non-hydrogen) atoms. The van der Waals surface area contributed by atoms with Gasteiger partial charge < -0.3 is 10.6 Å². The van der Waals surface area contributed by atoms with Gasteiger partial charge in [0.05, 0.1) is 6.54 Å². The molecule has 0 spiro atoms. The molecule has 0 fully saturated rings. The fraction of sp³-hybridized carbons (Fsp3) is 0.200. The quantitative estimate of drug-likeness (QED) is 0.649. The molecule has 1 aromatic heterocycles. The number of nitrogens with zero attached hydrogens (tertiary/aromatic N) is 2. The van der Waals surface area contributed by atoms with E-state index in [2.05, 4.69) is 28.7 Å². The molecule has 0 atom stereocenters. The number of rotatable bonds is 4. The molecule has 4 nitrogen and oxygen atoms in total. The highest BCUT2D eigenvalue weighted by molar-refractivity contribution is 7.80. The summed E-state index contributed by atoms with van der Waals surface area (Å²) in [4.78, 5) is 0. The van der Waals surface area contributed by atoms with Crippen LogP contribution in [0, 0.1) is 26.6 Å². The first-order chi connectivity index (χ1) is 12.4. The number of hydrogen-bond acceptors (Lipinski definition) is 2. The van der Waals surface area contributed by atoms with Crippen molar-refractivity contribution < 1.29 is 4.39 Å². The standard InChI is InChI=1S/C20H21FN4S/c1-13-8-9-18(14(2)10-13)22-20(26)23-19-11-15(3)25(24-19)12-16-6-4-5-7-17(16)21/h4-11H,12H2,1-3H3,(H2,22,23,24,26). The second-order valence-corrected chi connectivity index (χ2v) is 6.73. The third-order valence-corrected chi connectivity index (χ3v) is 4.33. The molecule has 3 aromatic rings. The van der Waals surface area contributed by atoms with Gasteiger partial charge in [0, 0.05) is 23.0 Å². The molecule has 0 amide bonds. The van der Waals surface area contributed by atoms with Crippen molar-refractivity contribution in [1.29, 1.82) is 0 Å². The molecule has 134 valence electrons. The first-order valence-electron chi connectivity index (χ1n) is 8.35. The fourth-order valence-corrected chi connectivity index (χ4v) is 2.96. The van der Waals surface area contributed by atoms with Crippen LogP contribution < -0.4 is 10.6 Å². The Balaban J connectivity index is 1.69. The van der Waals surface area contributed by atoms with Gasteiger partial charge in [-0.15, -0.1) is 0 Å². The number of benzene rings is 2. The predicted octanol–water partition coefficient (Wildman–Crippen LogP) is 4.80. The Morgan fingerprint density at radius 3 is 2.58 bits per heavy atom. The van der Waals surface area contributed by atoms with E-state index in [4.69, 9.17) is 12.2 Å². The lowest BCUT2D eigenvalue weighted by Crippen LogP contribution is -2.20. The van der Waals surface area contributed by atoms with E-state index in [0.29, 0.717) is 23.0 Å². The van der Waals surface area contributed by atoms with Gasteiger partial charge in [-0.05, 0) is 50.7 Å². The second kappa shape index (κ2) is 7.66. The lowest BCUT2D eigenvalue weighted by Gasteiger charge is -2.11. The fourth-order valence-electron chi connectivity index (χ4n) is 2.74. The number of hydrogen-bond donors (Lipinski definition) is 2. The number of aromatic nitrogens is 2. The predicted molar refractivity (Wildman–Crippen MR) is 108 cm³/mol. The highest BCUT2D eigenvalue weighted by Gasteiger charge is 2.09. The zero-order chi connectivity index (χ0) is 18.7. The van der Waals surface area contributed by atoms with Gasteiger partial charge in [0.15, 0.2) is 10.9 Å². The van der Waals surface area contributed by atoms with E-state index < -0.39 is 0 Å². The Morgan fingerprint density at radius 2 is 1.85 bits per heavy atom. The normalized spacial score (nSPS) is 10.6. The van der Waals surface area contributed by atoms with Gasteiger partial charge in [0.2, 0.25) is 0 Å². The highest BCUT2D eigenvalue weighted by atomic mass is 32.1. The number of aryl methyl sites for hydroxylation is 3. The van der Waals surface area contributed by atoms with Gasteiger partial charge >= 0.3 is 0 Å². The van der Waals surface area contributed by atoms with Crippen LogP contribution in [-0.4, -0.2) is 14.9 Å². The summed E-state index contributed by atoms with van der Waals surface area (Å²) in [5, 5.41) is 11.2. The van der Waals surface area contributed by atoms with Crippen LogP contribution in [0.1, 0.15) is 22.4 Å². The maximum absolute atomic E-state index is 13.8. The van der Waals surface area contributed by atoms with Crippen LogP contribution >= 0.6 is 12.2 Å². The molecule has 0 unspecified atom stereocenters. The van der Waals surface area contributed by atoms with Gasteiger partial charge in [-0.2, -0.15) is 5.10 Å². The molecule has 0 bridgehead atoms. The maximum Gasteiger partial charge on any atom is 0.176 e. The zero-order valence-electron chi connectivity index (χ0n) is 15.0. The van der Waals surface area contributed by atoms with Crippen molar-refractivity contribution in [2.45, 2.75) is 27.3 Å². The summed E-state index contributed by atoms with van der Waals surface area (Å²) in [5.74, 6) is 0.394. The van der Waals surface area contributed by atoms with Crippen LogP contribution in [0.5, 0.6) is 0 Å². The van der Waals surface area contributed by atoms with E-state index in [9.17, 15) is 4.39 Å². The van der Waals surface area contributed by atoms with E-state index in [1.807, 2.05) is 38.1 Å². The van der Waals surface area contributed by atoms with E-state index >= 15 is 0 Å². The van der Waals surface area contributed by atoms with E-state index in [1.54, 1.807) is 16.8 Å². The average molecular weight is 368 g/mol. The van der Waals surface area contributed by atoms with Crippen LogP contribution in [0.25, 0.3) is 0 Å². The molecule has 0 aliphatic rings. The maximum atomic E-state index is 13.8. The van der Waals surface area contributed by atoms with Gasteiger partial charge in [0.25, 0.3) is 0 Å². The Labute approximate surface area is 158 Å². The van der Waals surface area contributed by atoms with Crippen LogP contribution in [0.3, 0.4) is 0 Å². The van der Waals surface area contributed by atoms with Gasteiger partial charge in [-0.1, -0.05) is 35.9 Å². The largest absolute Gasteiger partial charge is 0.332 e. The Hall–Kier alpha value is -2.73. The van der Waals surface area contributed by atoms with Crippen LogP contribution in [0.15, 0.2) is 48.5 Å². The van der Waals surface area contributed by atoms with Crippen LogP contribution in [-0.2, 0) is 6.54 Å². The monoisotopic (exact) mass is 368 g/mol. The Bertz CT molecular complexity index is 949. The number of thiocarbonyl (C=S) groups is 1.